The van der Waals surface area contributed by atoms with E-state index in [9.17, 15) is 13.2 Å². The molecule has 1 aliphatic heterocycles. The summed E-state index contributed by atoms with van der Waals surface area (Å²) in [5, 5.41) is 12.0. The highest BCUT2D eigenvalue weighted by atomic mass is 32.2. The van der Waals surface area contributed by atoms with Crippen molar-refractivity contribution in [2.45, 2.75) is 17.9 Å². The van der Waals surface area contributed by atoms with Crippen molar-refractivity contribution in [2.24, 2.45) is 0 Å². The Hall–Kier alpha value is -1.44. The van der Waals surface area contributed by atoms with Crippen LogP contribution >= 0.6 is 0 Å². The van der Waals surface area contributed by atoms with Crippen molar-refractivity contribution in [3.05, 3.63) is 29.8 Å². The molecule has 0 amide bonds. The maximum atomic E-state index is 12.5. The van der Waals surface area contributed by atoms with Crippen LogP contribution < -0.4 is 5.32 Å². The van der Waals surface area contributed by atoms with E-state index in [4.69, 9.17) is 5.11 Å². The number of hydrogen-bond acceptors (Lipinski definition) is 4. The number of aliphatic carboxylic acids is 1. The minimum atomic E-state index is -3.77. The monoisotopic (exact) mass is 284 g/mol. The number of hydrogen-bond donors (Lipinski definition) is 2. The number of carboxylic acids is 1. The summed E-state index contributed by atoms with van der Waals surface area (Å²) < 4.78 is 26.0. The SMILES string of the molecule is Cc1cccc(S(=O)(=O)N2CCNCC2C(=O)O)c1. The first-order chi connectivity index (χ1) is 8.93. The van der Waals surface area contributed by atoms with Gasteiger partial charge in [-0.3, -0.25) is 4.79 Å². The van der Waals surface area contributed by atoms with E-state index in [0.717, 1.165) is 9.87 Å². The largest absolute Gasteiger partial charge is 0.480 e. The topological polar surface area (TPSA) is 86.7 Å². The zero-order chi connectivity index (χ0) is 14.0. The molecule has 6 nitrogen and oxygen atoms in total. The highest BCUT2D eigenvalue weighted by Crippen LogP contribution is 2.20. The molecule has 0 spiro atoms. The first-order valence-corrected chi connectivity index (χ1v) is 7.39. The van der Waals surface area contributed by atoms with Gasteiger partial charge in [0.05, 0.1) is 4.90 Å². The molecule has 0 aliphatic carbocycles. The van der Waals surface area contributed by atoms with Gasteiger partial charge in [0.25, 0.3) is 0 Å². The van der Waals surface area contributed by atoms with Gasteiger partial charge in [-0.05, 0) is 24.6 Å². The second kappa shape index (κ2) is 5.28. The quantitative estimate of drug-likeness (QED) is 0.818. The van der Waals surface area contributed by atoms with Gasteiger partial charge in [-0.2, -0.15) is 4.31 Å². The minimum absolute atomic E-state index is 0.125. The average Bonchev–Trinajstić information content (AvgIpc) is 2.38. The number of benzene rings is 1. The summed E-state index contributed by atoms with van der Waals surface area (Å²) >= 11 is 0. The van der Waals surface area contributed by atoms with Crippen LogP contribution in [0, 0.1) is 6.92 Å². The summed E-state index contributed by atoms with van der Waals surface area (Å²) in [7, 11) is -3.77. The van der Waals surface area contributed by atoms with Crippen molar-refractivity contribution >= 4 is 16.0 Å². The number of piperazine rings is 1. The minimum Gasteiger partial charge on any atom is -0.480 e. The highest BCUT2D eigenvalue weighted by Gasteiger charge is 2.37. The van der Waals surface area contributed by atoms with Gasteiger partial charge in [-0.1, -0.05) is 12.1 Å². The number of carboxylic acid groups (broad SMARTS) is 1. The molecule has 7 heteroatoms. The molecule has 1 unspecified atom stereocenters. The lowest BCUT2D eigenvalue weighted by molar-refractivity contribution is -0.141. The molecule has 104 valence electrons. The predicted molar refractivity (Wildman–Crippen MR) is 69.4 cm³/mol. The molecular weight excluding hydrogens is 268 g/mol. The first kappa shape index (κ1) is 14.0. The molecule has 1 aliphatic rings. The molecule has 2 N–H and O–H groups in total. The Balaban J connectivity index is 2.40. The Kier molecular flexibility index (Phi) is 3.88. The first-order valence-electron chi connectivity index (χ1n) is 5.95. The van der Waals surface area contributed by atoms with Crippen molar-refractivity contribution in [3.63, 3.8) is 0 Å². The lowest BCUT2D eigenvalue weighted by Crippen LogP contribution is -2.56. The molecule has 2 rings (SSSR count). The van der Waals surface area contributed by atoms with Crippen LogP contribution in [-0.2, 0) is 14.8 Å². The Labute approximate surface area is 112 Å². The number of rotatable bonds is 3. The smallest absolute Gasteiger partial charge is 0.323 e. The summed E-state index contributed by atoms with van der Waals surface area (Å²) in [5.41, 5.74) is 0.822. The van der Waals surface area contributed by atoms with Crippen LogP contribution in [0.4, 0.5) is 0 Å². The molecule has 0 saturated carbocycles. The molecule has 1 heterocycles. The van der Waals surface area contributed by atoms with E-state index in [1.807, 2.05) is 0 Å². The highest BCUT2D eigenvalue weighted by molar-refractivity contribution is 7.89. The average molecular weight is 284 g/mol. The molecule has 0 aromatic heterocycles. The molecule has 0 radical (unpaired) electrons. The van der Waals surface area contributed by atoms with E-state index in [2.05, 4.69) is 5.32 Å². The molecule has 1 fully saturated rings. The Morgan fingerprint density at radius 1 is 1.47 bits per heavy atom. The molecule has 1 saturated heterocycles. The maximum absolute atomic E-state index is 12.5. The van der Waals surface area contributed by atoms with Crippen LogP contribution in [0.3, 0.4) is 0 Å². The lowest BCUT2D eigenvalue weighted by atomic mass is 10.2. The molecule has 1 aromatic carbocycles. The van der Waals surface area contributed by atoms with Gasteiger partial charge in [0.15, 0.2) is 0 Å². The van der Waals surface area contributed by atoms with E-state index < -0.39 is 22.0 Å². The van der Waals surface area contributed by atoms with Gasteiger partial charge in [0, 0.05) is 19.6 Å². The van der Waals surface area contributed by atoms with Gasteiger partial charge in [-0.15, -0.1) is 0 Å². The van der Waals surface area contributed by atoms with E-state index in [1.165, 1.54) is 6.07 Å². The van der Waals surface area contributed by atoms with Crippen molar-refractivity contribution in [3.8, 4) is 0 Å². The van der Waals surface area contributed by atoms with Crippen LogP contribution in [-0.4, -0.2) is 49.5 Å². The Morgan fingerprint density at radius 3 is 2.84 bits per heavy atom. The van der Waals surface area contributed by atoms with E-state index in [-0.39, 0.29) is 18.0 Å². The van der Waals surface area contributed by atoms with Gasteiger partial charge < -0.3 is 10.4 Å². The van der Waals surface area contributed by atoms with Crippen LogP contribution in [0.2, 0.25) is 0 Å². The van der Waals surface area contributed by atoms with Crippen molar-refractivity contribution in [1.29, 1.82) is 0 Å². The van der Waals surface area contributed by atoms with E-state index in [0.29, 0.717) is 6.54 Å². The summed E-state index contributed by atoms with van der Waals surface area (Å²) in [6.07, 6.45) is 0. The number of nitrogens with zero attached hydrogens (tertiary/aromatic N) is 1. The van der Waals surface area contributed by atoms with Crippen LogP contribution in [0.1, 0.15) is 5.56 Å². The van der Waals surface area contributed by atoms with Crippen molar-refractivity contribution in [2.75, 3.05) is 19.6 Å². The van der Waals surface area contributed by atoms with Crippen molar-refractivity contribution < 1.29 is 18.3 Å². The Bertz CT molecular complexity index is 585. The van der Waals surface area contributed by atoms with E-state index >= 15 is 0 Å². The number of sulfonamides is 1. The normalized spacial score (nSPS) is 21.2. The second-order valence-electron chi connectivity index (χ2n) is 4.49. The molecule has 0 bridgehead atoms. The van der Waals surface area contributed by atoms with E-state index in [1.54, 1.807) is 25.1 Å². The molecule has 1 aromatic rings. The number of carbonyl (C=O) groups is 1. The number of aryl methyl sites for hydroxylation is 1. The number of nitrogens with one attached hydrogen (secondary N) is 1. The zero-order valence-electron chi connectivity index (χ0n) is 10.5. The third kappa shape index (κ3) is 2.78. The molecule has 19 heavy (non-hydrogen) atoms. The second-order valence-corrected chi connectivity index (χ2v) is 6.38. The van der Waals surface area contributed by atoms with Gasteiger partial charge in [0.1, 0.15) is 6.04 Å². The summed E-state index contributed by atoms with van der Waals surface area (Å²) in [6.45, 7) is 2.54. The van der Waals surface area contributed by atoms with Gasteiger partial charge in [-0.25, -0.2) is 8.42 Å². The third-order valence-electron chi connectivity index (χ3n) is 3.08. The van der Waals surface area contributed by atoms with Crippen LogP contribution in [0.25, 0.3) is 0 Å². The van der Waals surface area contributed by atoms with Crippen LogP contribution in [0.5, 0.6) is 0 Å². The lowest BCUT2D eigenvalue weighted by Gasteiger charge is -2.32. The van der Waals surface area contributed by atoms with Gasteiger partial charge >= 0.3 is 5.97 Å². The fourth-order valence-corrected chi connectivity index (χ4v) is 3.78. The molecule has 1 atom stereocenters. The third-order valence-corrected chi connectivity index (χ3v) is 4.98. The summed E-state index contributed by atoms with van der Waals surface area (Å²) in [4.78, 5) is 11.3. The zero-order valence-corrected chi connectivity index (χ0v) is 11.4. The summed E-state index contributed by atoms with van der Waals surface area (Å²) in [6, 6.07) is 5.44. The van der Waals surface area contributed by atoms with Gasteiger partial charge in [0.2, 0.25) is 10.0 Å². The molecular formula is C12H16N2O4S. The van der Waals surface area contributed by atoms with Crippen molar-refractivity contribution in [1.82, 2.24) is 9.62 Å². The van der Waals surface area contributed by atoms with Crippen LogP contribution in [0.15, 0.2) is 29.2 Å². The Morgan fingerprint density at radius 2 is 2.21 bits per heavy atom. The fraction of sp³-hybridized carbons (Fsp3) is 0.417. The standard InChI is InChI=1S/C12H16N2O4S/c1-9-3-2-4-10(7-9)19(17,18)14-6-5-13-8-11(14)12(15)16/h2-4,7,11,13H,5-6,8H2,1H3,(H,15,16). The maximum Gasteiger partial charge on any atom is 0.323 e. The predicted octanol–water partition coefficient (Wildman–Crippen LogP) is 0.0421. The fourth-order valence-electron chi connectivity index (χ4n) is 2.10. The summed E-state index contributed by atoms with van der Waals surface area (Å²) in [5.74, 6) is -1.14.